The minimum atomic E-state index is -0.948. The summed E-state index contributed by atoms with van der Waals surface area (Å²) in [5.41, 5.74) is 5.01. The Morgan fingerprint density at radius 2 is 2.12 bits per heavy atom. The van der Waals surface area contributed by atoms with E-state index in [2.05, 4.69) is 21.2 Å². The number of carbonyl (C=O) groups is 1. The lowest BCUT2D eigenvalue weighted by molar-refractivity contribution is -0.121. The second-order valence-corrected chi connectivity index (χ2v) is 5.37. The summed E-state index contributed by atoms with van der Waals surface area (Å²) in [6.07, 6.45) is 0. The van der Waals surface area contributed by atoms with Crippen molar-refractivity contribution in [2.45, 2.75) is 13.8 Å². The summed E-state index contributed by atoms with van der Waals surface area (Å²) in [7, 11) is 0. The highest BCUT2D eigenvalue weighted by Crippen LogP contribution is 2.23. The third kappa shape index (κ3) is 3.23. The van der Waals surface area contributed by atoms with Gasteiger partial charge in [0.05, 0.1) is 14.9 Å². The number of carbonyl (C=O) groups excluding carboxylic acids is 1. The van der Waals surface area contributed by atoms with Gasteiger partial charge in [-0.1, -0.05) is 12.2 Å². The number of hydrogen-bond acceptors (Lipinski definition) is 2. The van der Waals surface area contributed by atoms with Gasteiger partial charge in [0, 0.05) is 5.69 Å². The molecule has 0 spiro atoms. The van der Waals surface area contributed by atoms with Gasteiger partial charge in [-0.2, -0.15) is 0 Å². The van der Waals surface area contributed by atoms with E-state index >= 15 is 0 Å². The van der Waals surface area contributed by atoms with E-state index in [4.69, 9.17) is 18.0 Å². The van der Waals surface area contributed by atoms with Crippen LogP contribution in [0.3, 0.4) is 0 Å². The van der Waals surface area contributed by atoms with Crippen molar-refractivity contribution < 1.29 is 9.18 Å². The fraction of sp³-hybridized carbons (Fsp3) is 0.273. The van der Waals surface area contributed by atoms with Gasteiger partial charge in [-0.05, 0) is 48.0 Å². The number of benzene rings is 1. The van der Waals surface area contributed by atoms with Crippen molar-refractivity contribution in [2.75, 3.05) is 5.32 Å². The molecule has 0 saturated heterocycles. The average molecular weight is 319 g/mol. The van der Waals surface area contributed by atoms with Crippen molar-refractivity contribution in [3.8, 4) is 0 Å². The summed E-state index contributed by atoms with van der Waals surface area (Å²) < 4.78 is 13.3. The van der Waals surface area contributed by atoms with Crippen LogP contribution >= 0.6 is 28.1 Å². The Bertz CT molecular complexity index is 477. The fourth-order valence-electron chi connectivity index (χ4n) is 0.973. The topological polar surface area (TPSA) is 55.1 Å². The van der Waals surface area contributed by atoms with Crippen LogP contribution in [0.4, 0.5) is 10.1 Å². The molecule has 0 fully saturated rings. The maximum atomic E-state index is 13.0. The molecule has 0 aliphatic rings. The normalized spacial score (nSPS) is 11.1. The molecule has 0 aliphatic heterocycles. The van der Waals surface area contributed by atoms with Crippen LogP contribution in [-0.2, 0) is 4.79 Å². The molecule has 1 amide bonds. The molecule has 0 radical (unpaired) electrons. The summed E-state index contributed by atoms with van der Waals surface area (Å²) in [6, 6.07) is 4.20. The molecule has 0 aromatic heterocycles. The molecule has 92 valence electrons. The van der Waals surface area contributed by atoms with Gasteiger partial charge < -0.3 is 11.1 Å². The van der Waals surface area contributed by atoms with Gasteiger partial charge in [0.2, 0.25) is 5.91 Å². The molecule has 1 aromatic carbocycles. The van der Waals surface area contributed by atoms with E-state index in [1.807, 2.05) is 0 Å². The Morgan fingerprint density at radius 3 is 2.59 bits per heavy atom. The molecule has 0 unspecified atom stereocenters. The van der Waals surface area contributed by atoms with Gasteiger partial charge in [0.15, 0.2) is 0 Å². The zero-order chi connectivity index (χ0) is 13.2. The number of amides is 1. The highest BCUT2D eigenvalue weighted by atomic mass is 79.9. The Labute approximate surface area is 113 Å². The third-order valence-corrected chi connectivity index (χ3v) is 3.48. The second kappa shape index (κ2) is 5.10. The first-order valence-corrected chi connectivity index (χ1v) is 6.01. The molecule has 0 bridgehead atoms. The molecule has 3 nitrogen and oxygen atoms in total. The number of thiocarbonyl (C=S) groups is 1. The molecule has 6 heteroatoms. The Balaban J connectivity index is 2.89. The van der Waals surface area contributed by atoms with Crippen LogP contribution in [0.2, 0.25) is 0 Å². The van der Waals surface area contributed by atoms with Crippen molar-refractivity contribution >= 4 is 44.7 Å². The Kier molecular flexibility index (Phi) is 4.21. The summed E-state index contributed by atoms with van der Waals surface area (Å²) in [5.74, 6) is -0.722. The lowest BCUT2D eigenvalue weighted by atomic mass is 9.92. The van der Waals surface area contributed by atoms with Crippen molar-refractivity contribution in [1.29, 1.82) is 0 Å². The number of anilines is 1. The maximum Gasteiger partial charge on any atom is 0.236 e. The average Bonchev–Trinajstić information content (AvgIpc) is 2.23. The van der Waals surface area contributed by atoms with Crippen LogP contribution in [0.15, 0.2) is 22.7 Å². The highest BCUT2D eigenvalue weighted by Gasteiger charge is 2.30. The molecule has 0 aliphatic carbocycles. The van der Waals surface area contributed by atoms with Gasteiger partial charge in [-0.15, -0.1) is 0 Å². The van der Waals surface area contributed by atoms with Gasteiger partial charge >= 0.3 is 0 Å². The first kappa shape index (κ1) is 14.1. The predicted octanol–water partition coefficient (Wildman–Crippen LogP) is 2.84. The molecule has 0 atom stereocenters. The monoisotopic (exact) mass is 318 g/mol. The molecule has 17 heavy (non-hydrogen) atoms. The van der Waals surface area contributed by atoms with Crippen molar-refractivity contribution in [3.05, 3.63) is 28.5 Å². The van der Waals surface area contributed by atoms with E-state index in [1.54, 1.807) is 13.8 Å². The molecule has 1 aromatic rings. The minimum Gasteiger partial charge on any atom is -0.392 e. The molecule has 1 rings (SSSR count). The second-order valence-electron chi connectivity index (χ2n) is 4.07. The van der Waals surface area contributed by atoms with Crippen molar-refractivity contribution in [1.82, 2.24) is 0 Å². The standard InChI is InChI=1S/C11H12BrFN2OS/c1-11(2,9(14)17)10(16)15-6-3-4-8(13)7(12)5-6/h3-5H,1-2H3,(H2,14,17)(H,15,16). The largest absolute Gasteiger partial charge is 0.392 e. The number of rotatable bonds is 3. The number of halogens is 2. The summed E-state index contributed by atoms with van der Waals surface area (Å²) >= 11 is 7.86. The van der Waals surface area contributed by atoms with E-state index in [9.17, 15) is 9.18 Å². The van der Waals surface area contributed by atoms with Crippen LogP contribution in [-0.4, -0.2) is 10.9 Å². The van der Waals surface area contributed by atoms with Crippen molar-refractivity contribution in [3.63, 3.8) is 0 Å². The minimum absolute atomic E-state index is 0.108. The molecular formula is C11H12BrFN2OS. The molecule has 0 heterocycles. The molecule has 3 N–H and O–H groups in total. The molecular weight excluding hydrogens is 307 g/mol. The third-order valence-electron chi connectivity index (χ3n) is 2.36. The number of hydrogen-bond donors (Lipinski definition) is 2. The van der Waals surface area contributed by atoms with Gasteiger partial charge in [-0.3, -0.25) is 4.79 Å². The smallest absolute Gasteiger partial charge is 0.236 e. The predicted molar refractivity (Wildman–Crippen MR) is 73.3 cm³/mol. The SMILES string of the molecule is CC(C)(C(=O)Nc1ccc(F)c(Br)c1)C(N)=S. The maximum absolute atomic E-state index is 13.0. The van der Waals surface area contributed by atoms with Crippen molar-refractivity contribution in [2.24, 2.45) is 11.1 Å². The van der Waals surface area contributed by atoms with Crippen LogP contribution in [0.25, 0.3) is 0 Å². The molecule has 0 saturated carbocycles. The zero-order valence-corrected chi connectivity index (χ0v) is 11.8. The van der Waals surface area contributed by atoms with Crippen LogP contribution in [0, 0.1) is 11.2 Å². The van der Waals surface area contributed by atoms with E-state index < -0.39 is 11.2 Å². The van der Waals surface area contributed by atoms with E-state index in [0.29, 0.717) is 5.69 Å². The Morgan fingerprint density at radius 1 is 1.53 bits per heavy atom. The fourth-order valence-corrected chi connectivity index (χ4v) is 1.44. The van der Waals surface area contributed by atoms with Gasteiger partial charge in [0.1, 0.15) is 5.82 Å². The zero-order valence-electron chi connectivity index (χ0n) is 9.38. The van der Waals surface area contributed by atoms with Gasteiger partial charge in [0.25, 0.3) is 0 Å². The quantitative estimate of drug-likeness (QED) is 0.843. The van der Waals surface area contributed by atoms with Crippen LogP contribution < -0.4 is 11.1 Å². The lowest BCUT2D eigenvalue weighted by Crippen LogP contribution is -2.41. The van der Waals surface area contributed by atoms with E-state index in [0.717, 1.165) is 0 Å². The summed E-state index contributed by atoms with van der Waals surface area (Å²) in [5, 5.41) is 2.63. The van der Waals surface area contributed by atoms with Crippen LogP contribution in [0.5, 0.6) is 0 Å². The van der Waals surface area contributed by atoms with E-state index in [1.165, 1.54) is 18.2 Å². The summed E-state index contributed by atoms with van der Waals surface area (Å²) in [6.45, 7) is 3.26. The number of nitrogens with one attached hydrogen (secondary N) is 1. The lowest BCUT2D eigenvalue weighted by Gasteiger charge is -2.22. The number of nitrogens with two attached hydrogens (primary N) is 1. The first-order chi connectivity index (χ1) is 7.75. The van der Waals surface area contributed by atoms with Crippen LogP contribution in [0.1, 0.15) is 13.8 Å². The first-order valence-electron chi connectivity index (χ1n) is 4.81. The van der Waals surface area contributed by atoms with Gasteiger partial charge in [-0.25, -0.2) is 4.39 Å². The Hall–Kier alpha value is -1.01. The highest BCUT2D eigenvalue weighted by molar-refractivity contribution is 9.10. The summed E-state index contributed by atoms with van der Waals surface area (Å²) in [4.78, 5) is 12.0. The van der Waals surface area contributed by atoms with E-state index in [-0.39, 0.29) is 15.4 Å².